The molecule has 5 heteroatoms. The number of hydrogen-bond acceptors (Lipinski definition) is 3. The molecule has 2 rings (SSSR count). The minimum absolute atomic E-state index is 0.166. The highest BCUT2D eigenvalue weighted by Gasteiger charge is 2.32. The summed E-state index contributed by atoms with van der Waals surface area (Å²) in [5.74, 6) is -0.374. The van der Waals surface area contributed by atoms with Crippen molar-refractivity contribution in [1.29, 1.82) is 0 Å². The van der Waals surface area contributed by atoms with Crippen LogP contribution in [0.15, 0.2) is 30.5 Å². The molecule has 0 aliphatic heterocycles. The van der Waals surface area contributed by atoms with Gasteiger partial charge in [-0.05, 0) is 26.8 Å². The van der Waals surface area contributed by atoms with Gasteiger partial charge in [-0.1, -0.05) is 18.2 Å². The van der Waals surface area contributed by atoms with E-state index in [9.17, 15) is 4.79 Å². The fraction of sp³-hybridized carbons (Fsp3) is 0.429. The molecule has 0 spiro atoms. The number of carbonyl (C=O) groups is 1. The van der Waals surface area contributed by atoms with Crippen molar-refractivity contribution in [2.24, 2.45) is 5.73 Å². The molecule has 1 amide bonds. The topological polar surface area (TPSA) is 72.9 Å². The summed E-state index contributed by atoms with van der Waals surface area (Å²) in [5.41, 5.74) is 5.72. The Labute approximate surface area is 112 Å². The molecule has 0 saturated heterocycles. The Hall–Kier alpha value is -1.88. The first kappa shape index (κ1) is 13.5. The average molecular weight is 260 g/mol. The molecule has 1 aromatic heterocycles. The van der Waals surface area contributed by atoms with E-state index in [1.807, 2.05) is 49.7 Å². The van der Waals surface area contributed by atoms with Gasteiger partial charge in [-0.25, -0.2) is 0 Å². The lowest BCUT2D eigenvalue weighted by molar-refractivity contribution is -0.124. The van der Waals surface area contributed by atoms with E-state index in [0.29, 0.717) is 6.54 Å². The van der Waals surface area contributed by atoms with Crippen molar-refractivity contribution in [3.63, 3.8) is 0 Å². The minimum Gasteiger partial charge on any atom is -0.368 e. The van der Waals surface area contributed by atoms with Crippen molar-refractivity contribution in [3.8, 4) is 0 Å². The van der Waals surface area contributed by atoms with Crippen LogP contribution in [0.25, 0.3) is 10.9 Å². The van der Waals surface area contributed by atoms with E-state index in [2.05, 4.69) is 10.4 Å². The van der Waals surface area contributed by atoms with E-state index in [-0.39, 0.29) is 11.9 Å². The lowest BCUT2D eigenvalue weighted by atomic mass is 10.0. The summed E-state index contributed by atoms with van der Waals surface area (Å²) in [6, 6.07) is 8.07. The molecular weight excluding hydrogens is 240 g/mol. The third-order valence-electron chi connectivity index (χ3n) is 3.17. The first-order valence-corrected chi connectivity index (χ1v) is 6.40. The Kier molecular flexibility index (Phi) is 3.57. The number of nitrogens with one attached hydrogen (secondary N) is 1. The second-order valence-electron chi connectivity index (χ2n) is 5.36. The monoisotopic (exact) mass is 260 g/mol. The van der Waals surface area contributed by atoms with Crippen molar-refractivity contribution in [2.75, 3.05) is 0 Å². The Balaban J connectivity index is 2.34. The molecule has 0 radical (unpaired) electrons. The van der Waals surface area contributed by atoms with Gasteiger partial charge in [0.15, 0.2) is 0 Å². The molecule has 102 valence electrons. The number of aromatic nitrogens is 2. The van der Waals surface area contributed by atoms with Gasteiger partial charge in [0.2, 0.25) is 5.91 Å². The van der Waals surface area contributed by atoms with E-state index in [4.69, 9.17) is 5.73 Å². The maximum absolute atomic E-state index is 11.7. The number of benzene rings is 1. The van der Waals surface area contributed by atoms with Crippen LogP contribution in [0.3, 0.4) is 0 Å². The molecule has 0 fully saturated rings. The van der Waals surface area contributed by atoms with Crippen molar-refractivity contribution in [1.82, 2.24) is 15.1 Å². The molecule has 1 aromatic carbocycles. The first-order chi connectivity index (χ1) is 8.92. The number of rotatable bonds is 5. The lowest BCUT2D eigenvalue weighted by Crippen LogP contribution is -2.58. The van der Waals surface area contributed by atoms with Gasteiger partial charge in [0, 0.05) is 11.4 Å². The highest BCUT2D eigenvalue weighted by molar-refractivity contribution is 5.84. The van der Waals surface area contributed by atoms with Gasteiger partial charge in [0.25, 0.3) is 0 Å². The average Bonchev–Trinajstić information content (AvgIpc) is 2.71. The summed E-state index contributed by atoms with van der Waals surface area (Å²) >= 11 is 0. The molecule has 0 aliphatic carbocycles. The van der Waals surface area contributed by atoms with Crippen LogP contribution in [-0.4, -0.2) is 27.3 Å². The van der Waals surface area contributed by atoms with Crippen LogP contribution in [0.5, 0.6) is 0 Å². The van der Waals surface area contributed by atoms with Gasteiger partial charge < -0.3 is 5.73 Å². The Bertz CT molecular complexity index is 590. The van der Waals surface area contributed by atoms with Gasteiger partial charge in [-0.3, -0.25) is 14.8 Å². The molecule has 1 atom stereocenters. The zero-order valence-electron chi connectivity index (χ0n) is 11.6. The van der Waals surface area contributed by atoms with E-state index in [1.165, 1.54) is 0 Å². The molecule has 19 heavy (non-hydrogen) atoms. The zero-order chi connectivity index (χ0) is 14.0. The highest BCUT2D eigenvalue weighted by atomic mass is 16.1. The summed E-state index contributed by atoms with van der Waals surface area (Å²) < 4.78 is 1.81. The molecule has 0 bridgehead atoms. The molecule has 5 nitrogen and oxygen atoms in total. The zero-order valence-corrected chi connectivity index (χ0v) is 11.6. The summed E-state index contributed by atoms with van der Waals surface area (Å²) in [4.78, 5) is 11.7. The number of carbonyl (C=O) groups excluding carboxylic acids is 1. The summed E-state index contributed by atoms with van der Waals surface area (Å²) in [5, 5.41) is 8.62. The van der Waals surface area contributed by atoms with Crippen LogP contribution in [0.2, 0.25) is 0 Å². The number of amides is 1. The minimum atomic E-state index is -0.817. The number of para-hydroxylation sites is 1. The van der Waals surface area contributed by atoms with E-state index in [0.717, 1.165) is 10.9 Å². The summed E-state index contributed by atoms with van der Waals surface area (Å²) in [7, 11) is 0. The number of nitrogens with two attached hydrogens (primary N) is 1. The van der Waals surface area contributed by atoms with E-state index >= 15 is 0 Å². The van der Waals surface area contributed by atoms with Gasteiger partial charge in [-0.2, -0.15) is 5.10 Å². The first-order valence-electron chi connectivity index (χ1n) is 6.40. The van der Waals surface area contributed by atoms with Gasteiger partial charge in [0.1, 0.15) is 5.54 Å². The quantitative estimate of drug-likeness (QED) is 0.850. The number of primary amides is 1. The van der Waals surface area contributed by atoms with Crippen molar-refractivity contribution < 1.29 is 4.79 Å². The van der Waals surface area contributed by atoms with Crippen LogP contribution in [-0.2, 0) is 11.3 Å². The number of hydrogen-bond donors (Lipinski definition) is 2. The van der Waals surface area contributed by atoms with Crippen LogP contribution in [0.1, 0.15) is 20.8 Å². The fourth-order valence-electron chi connectivity index (χ4n) is 2.28. The van der Waals surface area contributed by atoms with Crippen molar-refractivity contribution in [2.45, 2.75) is 38.9 Å². The second kappa shape index (κ2) is 5.01. The normalized spacial score (nSPS) is 14.7. The van der Waals surface area contributed by atoms with E-state index < -0.39 is 5.54 Å². The third kappa shape index (κ3) is 2.76. The highest BCUT2D eigenvalue weighted by Crippen LogP contribution is 2.16. The summed E-state index contributed by atoms with van der Waals surface area (Å²) in [6.45, 7) is 6.20. The smallest absolute Gasteiger partial charge is 0.239 e. The molecule has 1 unspecified atom stereocenters. The maximum Gasteiger partial charge on any atom is 0.239 e. The molecule has 1 heterocycles. The van der Waals surface area contributed by atoms with Crippen molar-refractivity contribution >= 4 is 16.8 Å². The fourth-order valence-corrected chi connectivity index (χ4v) is 2.28. The van der Waals surface area contributed by atoms with Gasteiger partial charge >= 0.3 is 0 Å². The molecular formula is C14H20N4O. The maximum atomic E-state index is 11.7. The van der Waals surface area contributed by atoms with Crippen molar-refractivity contribution in [3.05, 3.63) is 30.5 Å². The second-order valence-corrected chi connectivity index (χ2v) is 5.36. The van der Waals surface area contributed by atoms with Crippen LogP contribution >= 0.6 is 0 Å². The van der Waals surface area contributed by atoms with Gasteiger partial charge in [-0.15, -0.1) is 0 Å². The Morgan fingerprint density at radius 2 is 2.16 bits per heavy atom. The molecule has 2 aromatic rings. The van der Waals surface area contributed by atoms with Gasteiger partial charge in [0.05, 0.1) is 18.3 Å². The largest absolute Gasteiger partial charge is 0.368 e. The number of fused-ring (bicyclic) bond motifs is 1. The molecule has 3 N–H and O–H groups in total. The third-order valence-corrected chi connectivity index (χ3v) is 3.17. The number of nitrogens with zero attached hydrogens (tertiary/aromatic N) is 2. The SMILES string of the molecule is CC(C)NC(C)(Cn1ncc2ccccc21)C(N)=O. The Morgan fingerprint density at radius 1 is 1.47 bits per heavy atom. The standard InChI is InChI=1S/C14H20N4O/c1-10(2)17-14(3,13(15)19)9-18-12-7-5-4-6-11(12)8-16-18/h4-8,10,17H,9H2,1-3H3,(H2,15,19). The van der Waals surface area contributed by atoms with Crippen LogP contribution < -0.4 is 11.1 Å². The van der Waals surface area contributed by atoms with E-state index in [1.54, 1.807) is 6.20 Å². The Morgan fingerprint density at radius 3 is 2.79 bits per heavy atom. The molecule has 0 aliphatic rings. The van der Waals surface area contributed by atoms with Crippen LogP contribution in [0, 0.1) is 0 Å². The van der Waals surface area contributed by atoms with Crippen LogP contribution in [0.4, 0.5) is 0 Å². The predicted molar refractivity (Wildman–Crippen MR) is 75.6 cm³/mol. The predicted octanol–water partition coefficient (Wildman–Crippen LogP) is 1.28. The summed E-state index contributed by atoms with van der Waals surface area (Å²) in [6.07, 6.45) is 1.80. The lowest BCUT2D eigenvalue weighted by Gasteiger charge is -2.29. The molecule has 0 saturated carbocycles.